The summed E-state index contributed by atoms with van der Waals surface area (Å²) in [6.07, 6.45) is 0.501. The summed E-state index contributed by atoms with van der Waals surface area (Å²) in [7, 11) is 0. The Morgan fingerprint density at radius 1 is 1.06 bits per heavy atom. The lowest BCUT2D eigenvalue weighted by molar-refractivity contribution is -0.383. The number of anilines is 1. The number of hydrogen-bond acceptors (Lipinski definition) is 5. The van der Waals surface area contributed by atoms with Crippen molar-refractivity contribution in [3.05, 3.63) is 82.2 Å². The molecule has 0 aromatic heterocycles. The summed E-state index contributed by atoms with van der Waals surface area (Å²) in [5.74, 6) is -0.820. The number of hydrogen-bond donors (Lipinski definition) is 1. The number of nitrogens with one attached hydrogen (secondary N) is 1. The lowest BCUT2D eigenvalue weighted by Crippen LogP contribution is -2.56. The molecule has 10 nitrogen and oxygen atoms in total. The van der Waals surface area contributed by atoms with Crippen LogP contribution in [0.2, 0.25) is 0 Å². The Labute approximate surface area is 204 Å². The highest BCUT2D eigenvalue weighted by atomic mass is 19.1. The summed E-state index contributed by atoms with van der Waals surface area (Å²) in [6.45, 7) is 0.499. The van der Waals surface area contributed by atoms with E-state index in [1.54, 1.807) is 41.3 Å². The minimum Gasteiger partial charge on any atom is -0.334 e. The van der Waals surface area contributed by atoms with Crippen LogP contribution in [-0.4, -0.2) is 57.4 Å². The van der Waals surface area contributed by atoms with Gasteiger partial charge >= 0.3 is 12.1 Å². The molecule has 3 saturated heterocycles. The number of halogens is 1. The number of nitro groups is 1. The van der Waals surface area contributed by atoms with E-state index in [1.807, 2.05) is 0 Å². The van der Waals surface area contributed by atoms with Gasteiger partial charge in [0.2, 0.25) is 0 Å². The van der Waals surface area contributed by atoms with E-state index in [4.69, 9.17) is 0 Å². The average molecular weight is 489 g/mol. The molecule has 6 rings (SSSR count). The Morgan fingerprint density at radius 3 is 2.50 bits per heavy atom. The molecule has 2 bridgehead atoms. The van der Waals surface area contributed by atoms with Crippen LogP contribution in [0.1, 0.15) is 12.0 Å². The van der Waals surface area contributed by atoms with Crippen LogP contribution in [0.3, 0.4) is 0 Å². The normalized spacial score (nSPS) is 22.5. The highest BCUT2D eigenvalue weighted by Crippen LogP contribution is 2.44. The smallest absolute Gasteiger partial charge is 0.332 e. The molecular weight excluding hydrogens is 469 g/mol. The molecular formula is C25H20FN5O5. The number of rotatable bonds is 4. The molecule has 36 heavy (non-hydrogen) atoms. The second-order valence-electron chi connectivity index (χ2n) is 9.11. The van der Waals surface area contributed by atoms with Crippen molar-refractivity contribution < 1.29 is 23.7 Å². The van der Waals surface area contributed by atoms with Gasteiger partial charge in [-0.3, -0.25) is 14.9 Å². The Hall–Kier alpha value is -4.54. The summed E-state index contributed by atoms with van der Waals surface area (Å²) in [5, 5.41) is 15.0. The second-order valence-corrected chi connectivity index (χ2v) is 9.11. The number of carbonyl (C=O) groups excluding carboxylic acids is 3. The highest BCUT2D eigenvalue weighted by Gasteiger charge is 2.63. The number of imide groups is 1. The van der Waals surface area contributed by atoms with Crippen LogP contribution in [0.5, 0.6) is 0 Å². The molecule has 182 valence electrons. The van der Waals surface area contributed by atoms with Crippen molar-refractivity contribution in [1.29, 1.82) is 0 Å². The topological polar surface area (TPSA) is 116 Å². The van der Waals surface area contributed by atoms with E-state index < -0.39 is 28.9 Å². The van der Waals surface area contributed by atoms with Crippen molar-refractivity contribution >= 4 is 40.1 Å². The molecule has 3 unspecified atom stereocenters. The van der Waals surface area contributed by atoms with Gasteiger partial charge in [-0.05, 0) is 36.2 Å². The van der Waals surface area contributed by atoms with Gasteiger partial charge in [0.25, 0.3) is 11.6 Å². The minimum absolute atomic E-state index is 0.113. The van der Waals surface area contributed by atoms with Crippen LogP contribution in [0.25, 0.3) is 10.8 Å². The fraction of sp³-hybridized carbons (Fsp3) is 0.240. The quantitative estimate of drug-likeness (QED) is 0.343. The zero-order valence-corrected chi connectivity index (χ0v) is 18.8. The van der Waals surface area contributed by atoms with Crippen LogP contribution in [-0.2, 0) is 11.3 Å². The summed E-state index contributed by atoms with van der Waals surface area (Å²) in [6, 6.07) is 12.7. The van der Waals surface area contributed by atoms with Gasteiger partial charge in [-0.2, -0.15) is 0 Å². The molecule has 3 fully saturated rings. The first-order chi connectivity index (χ1) is 17.3. The lowest BCUT2D eigenvalue weighted by Gasteiger charge is -2.34. The van der Waals surface area contributed by atoms with Gasteiger partial charge in [0, 0.05) is 24.5 Å². The Kier molecular flexibility index (Phi) is 4.88. The summed E-state index contributed by atoms with van der Waals surface area (Å²) in [5.41, 5.74) is 0.907. The van der Waals surface area contributed by atoms with Crippen molar-refractivity contribution in [3.8, 4) is 0 Å². The Morgan fingerprint density at radius 2 is 1.78 bits per heavy atom. The number of amides is 5. The Bertz CT molecular complexity index is 1440. The maximum Gasteiger partial charge on any atom is 0.332 e. The van der Waals surface area contributed by atoms with Gasteiger partial charge in [-0.25, -0.2) is 18.9 Å². The first-order valence-corrected chi connectivity index (χ1v) is 11.5. The SMILES string of the molecule is O=C1C2C3CC(CN3C(=O)NCc3ccc(F)cc3)N2C(=O)N1c1ccc([N+](=O)[O-])c2ccccc12. The molecule has 0 aliphatic carbocycles. The molecule has 3 aliphatic heterocycles. The number of nitro benzene ring substituents is 1. The molecule has 5 amide bonds. The number of nitrogens with zero attached hydrogens (tertiary/aromatic N) is 4. The van der Waals surface area contributed by atoms with E-state index in [0.717, 1.165) is 10.5 Å². The summed E-state index contributed by atoms with van der Waals surface area (Å²) < 4.78 is 13.1. The van der Waals surface area contributed by atoms with E-state index in [0.29, 0.717) is 23.7 Å². The van der Waals surface area contributed by atoms with Gasteiger partial charge < -0.3 is 15.1 Å². The van der Waals surface area contributed by atoms with Gasteiger partial charge in [-0.1, -0.05) is 30.3 Å². The van der Waals surface area contributed by atoms with E-state index in [-0.39, 0.29) is 35.8 Å². The molecule has 0 spiro atoms. The van der Waals surface area contributed by atoms with Crippen molar-refractivity contribution in [2.75, 3.05) is 11.4 Å². The number of piperazine rings is 1. The van der Waals surface area contributed by atoms with Crippen molar-refractivity contribution in [1.82, 2.24) is 15.1 Å². The van der Waals surface area contributed by atoms with Gasteiger partial charge in [0.15, 0.2) is 0 Å². The molecule has 11 heteroatoms. The fourth-order valence-electron chi connectivity index (χ4n) is 5.62. The van der Waals surface area contributed by atoms with Crippen molar-refractivity contribution in [2.24, 2.45) is 0 Å². The van der Waals surface area contributed by atoms with E-state index >= 15 is 0 Å². The predicted octanol–water partition coefficient (Wildman–Crippen LogP) is 3.39. The number of fused-ring (bicyclic) bond motifs is 6. The van der Waals surface area contributed by atoms with Crippen LogP contribution in [0, 0.1) is 15.9 Å². The van der Waals surface area contributed by atoms with Gasteiger partial charge in [0.05, 0.1) is 28.1 Å². The van der Waals surface area contributed by atoms with Crippen molar-refractivity contribution in [2.45, 2.75) is 31.1 Å². The number of urea groups is 2. The highest BCUT2D eigenvalue weighted by molar-refractivity contribution is 6.25. The maximum atomic E-state index is 13.6. The lowest BCUT2D eigenvalue weighted by atomic mass is 10.0. The number of likely N-dealkylation sites (tertiary alicyclic amines) is 1. The van der Waals surface area contributed by atoms with E-state index in [9.17, 15) is 28.9 Å². The summed E-state index contributed by atoms with van der Waals surface area (Å²) in [4.78, 5) is 55.1. The molecule has 3 heterocycles. The monoisotopic (exact) mass is 489 g/mol. The molecule has 3 atom stereocenters. The number of benzene rings is 3. The van der Waals surface area contributed by atoms with Crippen LogP contribution >= 0.6 is 0 Å². The molecule has 3 aromatic carbocycles. The molecule has 1 N–H and O–H groups in total. The van der Waals surface area contributed by atoms with E-state index in [1.165, 1.54) is 29.2 Å². The van der Waals surface area contributed by atoms with Crippen LogP contribution < -0.4 is 10.2 Å². The largest absolute Gasteiger partial charge is 0.334 e. The predicted molar refractivity (Wildman–Crippen MR) is 127 cm³/mol. The number of non-ortho nitro benzene ring substituents is 1. The molecule has 3 aliphatic rings. The summed E-state index contributed by atoms with van der Waals surface area (Å²) >= 11 is 0. The second kappa shape index (κ2) is 8.01. The first kappa shape index (κ1) is 22.0. The van der Waals surface area contributed by atoms with Crippen molar-refractivity contribution in [3.63, 3.8) is 0 Å². The molecule has 0 saturated carbocycles. The van der Waals surface area contributed by atoms with E-state index in [2.05, 4.69) is 5.32 Å². The van der Waals surface area contributed by atoms with Crippen LogP contribution in [0.4, 0.5) is 25.4 Å². The van der Waals surface area contributed by atoms with Crippen LogP contribution in [0.15, 0.2) is 60.7 Å². The third kappa shape index (κ3) is 3.19. The number of carbonyl (C=O) groups is 3. The molecule has 0 radical (unpaired) electrons. The molecule has 3 aromatic rings. The Balaban J connectivity index is 1.26. The standard InChI is InChI=1S/C25H20FN5O5/c26-15-7-5-14(6-8-15)12-27-24(33)28-13-16-11-21(28)22-23(32)30(25(34)29(16)22)19-9-10-20(31(35)36)18-4-2-1-3-17(18)19/h1-10,16,21-22H,11-13H2,(H,27,33). The minimum atomic E-state index is -0.818. The fourth-order valence-corrected chi connectivity index (χ4v) is 5.62. The average Bonchev–Trinajstić information content (AvgIpc) is 3.54. The van der Waals surface area contributed by atoms with Gasteiger partial charge in [-0.15, -0.1) is 0 Å². The zero-order chi connectivity index (χ0) is 25.1. The van der Waals surface area contributed by atoms with Gasteiger partial charge in [0.1, 0.15) is 11.9 Å². The first-order valence-electron chi connectivity index (χ1n) is 11.5. The maximum absolute atomic E-state index is 13.6. The third-order valence-electron chi connectivity index (χ3n) is 7.20. The zero-order valence-electron chi connectivity index (χ0n) is 18.8. The third-order valence-corrected chi connectivity index (χ3v) is 7.20.